The highest BCUT2D eigenvalue weighted by molar-refractivity contribution is 5.43. The van der Waals surface area contributed by atoms with E-state index in [9.17, 15) is 10.1 Å². The third kappa shape index (κ3) is 3.58. The molecule has 0 aliphatic carbocycles. The minimum absolute atomic E-state index is 0.163. The van der Waals surface area contributed by atoms with Crippen LogP contribution in [0.5, 0.6) is 0 Å². The topological polar surface area (TPSA) is 76.2 Å². The molecule has 7 heteroatoms. The molecule has 26 heavy (non-hydrogen) atoms. The largest absolute Gasteiger partial charge is 0.369 e. The fourth-order valence-electron chi connectivity index (χ4n) is 4.10. The van der Waals surface area contributed by atoms with E-state index in [2.05, 4.69) is 26.2 Å². The molecule has 2 saturated heterocycles. The number of nitro benzene ring substituents is 1. The number of anilines is 1. The summed E-state index contributed by atoms with van der Waals surface area (Å²) in [6.45, 7) is 4.14. The summed E-state index contributed by atoms with van der Waals surface area (Å²) in [4.78, 5) is 12.9. The Morgan fingerprint density at radius 3 is 2.42 bits per heavy atom. The maximum absolute atomic E-state index is 10.8. The molecule has 2 aliphatic heterocycles. The summed E-state index contributed by atoms with van der Waals surface area (Å²) in [7, 11) is 0. The molecule has 0 bridgehead atoms. The molecule has 0 radical (unpaired) electrons. The highest BCUT2D eigenvalue weighted by atomic mass is 16.6. The van der Waals surface area contributed by atoms with Crippen LogP contribution in [-0.4, -0.2) is 40.9 Å². The van der Waals surface area contributed by atoms with Gasteiger partial charge in [0.2, 0.25) is 0 Å². The van der Waals surface area contributed by atoms with E-state index in [1.54, 1.807) is 12.1 Å². The van der Waals surface area contributed by atoms with Gasteiger partial charge in [-0.15, -0.1) is 0 Å². The Morgan fingerprint density at radius 1 is 1.08 bits per heavy atom. The van der Waals surface area contributed by atoms with Crippen LogP contribution >= 0.6 is 0 Å². The highest BCUT2D eigenvalue weighted by Crippen LogP contribution is 2.31. The number of non-ortho nitro benzene ring substituents is 1. The summed E-state index contributed by atoms with van der Waals surface area (Å²) in [6.07, 6.45) is 8.61. The van der Waals surface area contributed by atoms with Crippen LogP contribution in [0.2, 0.25) is 0 Å². The first-order valence-corrected chi connectivity index (χ1v) is 9.45. The number of benzene rings is 1. The fraction of sp³-hybridized carbons (Fsp3) is 0.526. The number of rotatable bonds is 4. The number of nitrogens with one attached hydrogen (secondary N) is 1. The zero-order valence-electron chi connectivity index (χ0n) is 14.9. The second-order valence-electron chi connectivity index (χ2n) is 7.27. The van der Waals surface area contributed by atoms with Gasteiger partial charge in [0.05, 0.1) is 22.8 Å². The van der Waals surface area contributed by atoms with Crippen LogP contribution in [-0.2, 0) is 0 Å². The van der Waals surface area contributed by atoms with Gasteiger partial charge in [-0.3, -0.25) is 14.8 Å². The summed E-state index contributed by atoms with van der Waals surface area (Å²) in [5.74, 6) is 0.478. The van der Waals surface area contributed by atoms with E-state index < -0.39 is 0 Å². The first-order chi connectivity index (χ1) is 12.7. The van der Waals surface area contributed by atoms with Gasteiger partial charge in [0.15, 0.2) is 0 Å². The third-order valence-electron chi connectivity index (χ3n) is 5.71. The molecule has 2 fully saturated rings. The lowest BCUT2D eigenvalue weighted by atomic mass is 9.89. The molecule has 0 saturated carbocycles. The minimum Gasteiger partial charge on any atom is -0.369 e. The standard InChI is InChI=1S/C19H25N5O2/c25-24(26)18-3-1-15(2-4-18)16-7-11-22(12-8-16)19-13-21-23(14-19)17-5-9-20-10-6-17/h1-4,13-14,16-17,20H,5-12H2. The van der Waals surface area contributed by atoms with E-state index in [-0.39, 0.29) is 10.6 Å². The molecule has 0 amide bonds. The average Bonchev–Trinajstić information content (AvgIpc) is 3.19. The lowest BCUT2D eigenvalue weighted by Crippen LogP contribution is -2.32. The lowest BCUT2D eigenvalue weighted by molar-refractivity contribution is -0.384. The Balaban J connectivity index is 1.36. The molecule has 0 atom stereocenters. The van der Waals surface area contributed by atoms with Crippen LogP contribution in [0.25, 0.3) is 0 Å². The van der Waals surface area contributed by atoms with E-state index in [4.69, 9.17) is 0 Å². The maximum atomic E-state index is 10.8. The van der Waals surface area contributed by atoms with Crippen LogP contribution in [0.4, 0.5) is 11.4 Å². The molecular weight excluding hydrogens is 330 g/mol. The Hall–Kier alpha value is -2.41. The van der Waals surface area contributed by atoms with Crippen molar-refractivity contribution in [1.29, 1.82) is 0 Å². The Kier molecular flexibility index (Phi) is 4.88. The van der Waals surface area contributed by atoms with E-state index in [0.29, 0.717) is 12.0 Å². The Morgan fingerprint density at radius 2 is 1.77 bits per heavy atom. The summed E-state index contributed by atoms with van der Waals surface area (Å²) in [5, 5.41) is 18.8. The van der Waals surface area contributed by atoms with Crippen LogP contribution < -0.4 is 10.2 Å². The van der Waals surface area contributed by atoms with Gasteiger partial charge in [-0.25, -0.2) is 0 Å². The molecule has 2 aliphatic rings. The van der Waals surface area contributed by atoms with Crippen molar-refractivity contribution in [3.8, 4) is 0 Å². The van der Waals surface area contributed by atoms with Crippen LogP contribution in [0.15, 0.2) is 36.7 Å². The maximum Gasteiger partial charge on any atom is 0.269 e. The SMILES string of the molecule is O=[N+]([O-])c1ccc(C2CCN(c3cnn(C4CCNCC4)c3)CC2)cc1. The summed E-state index contributed by atoms with van der Waals surface area (Å²) in [5.41, 5.74) is 2.59. The van der Waals surface area contributed by atoms with Crippen molar-refractivity contribution in [1.82, 2.24) is 15.1 Å². The monoisotopic (exact) mass is 355 g/mol. The number of hydrogen-bond acceptors (Lipinski definition) is 5. The van der Waals surface area contributed by atoms with E-state index in [1.807, 2.05) is 18.3 Å². The highest BCUT2D eigenvalue weighted by Gasteiger charge is 2.23. The average molecular weight is 355 g/mol. The summed E-state index contributed by atoms with van der Waals surface area (Å²) >= 11 is 0. The smallest absolute Gasteiger partial charge is 0.269 e. The first-order valence-electron chi connectivity index (χ1n) is 9.45. The zero-order valence-corrected chi connectivity index (χ0v) is 14.9. The number of piperidine rings is 2. The molecule has 7 nitrogen and oxygen atoms in total. The van der Waals surface area contributed by atoms with Gasteiger partial charge in [-0.05, 0) is 50.3 Å². The van der Waals surface area contributed by atoms with Crippen molar-refractivity contribution in [2.75, 3.05) is 31.1 Å². The molecule has 0 spiro atoms. The van der Waals surface area contributed by atoms with Crippen molar-refractivity contribution < 1.29 is 4.92 Å². The van der Waals surface area contributed by atoms with Crippen molar-refractivity contribution in [3.63, 3.8) is 0 Å². The van der Waals surface area contributed by atoms with Crippen LogP contribution in [0, 0.1) is 10.1 Å². The quantitative estimate of drug-likeness (QED) is 0.674. The summed E-state index contributed by atoms with van der Waals surface area (Å²) < 4.78 is 2.14. The van der Waals surface area contributed by atoms with E-state index in [1.165, 1.54) is 11.3 Å². The second-order valence-corrected chi connectivity index (χ2v) is 7.27. The molecule has 1 aromatic heterocycles. The predicted molar refractivity (Wildman–Crippen MR) is 101 cm³/mol. The van der Waals surface area contributed by atoms with Crippen LogP contribution in [0.3, 0.4) is 0 Å². The predicted octanol–water partition coefficient (Wildman–Crippen LogP) is 3.10. The van der Waals surface area contributed by atoms with Crippen molar-refractivity contribution in [2.45, 2.75) is 37.6 Å². The zero-order chi connectivity index (χ0) is 17.9. The number of aromatic nitrogens is 2. The molecule has 138 valence electrons. The van der Waals surface area contributed by atoms with E-state index in [0.717, 1.165) is 51.9 Å². The molecule has 4 rings (SSSR count). The minimum atomic E-state index is -0.341. The molecule has 2 aromatic rings. The number of hydrogen-bond donors (Lipinski definition) is 1. The van der Waals surface area contributed by atoms with Gasteiger partial charge in [0.25, 0.3) is 5.69 Å². The van der Waals surface area contributed by atoms with Gasteiger partial charge in [0.1, 0.15) is 0 Å². The third-order valence-corrected chi connectivity index (χ3v) is 5.71. The molecular formula is C19H25N5O2. The number of nitro groups is 1. The molecule has 3 heterocycles. The summed E-state index contributed by atoms with van der Waals surface area (Å²) in [6, 6.07) is 7.57. The first kappa shape index (κ1) is 17.0. The Labute approximate surface area is 153 Å². The van der Waals surface area contributed by atoms with E-state index >= 15 is 0 Å². The number of nitrogens with zero attached hydrogens (tertiary/aromatic N) is 4. The van der Waals surface area contributed by atoms with Crippen LogP contribution in [0.1, 0.15) is 43.2 Å². The Bertz CT molecular complexity index is 744. The van der Waals surface area contributed by atoms with Crippen molar-refractivity contribution >= 4 is 11.4 Å². The lowest BCUT2D eigenvalue weighted by Gasteiger charge is -2.33. The van der Waals surface area contributed by atoms with Gasteiger partial charge in [-0.1, -0.05) is 12.1 Å². The van der Waals surface area contributed by atoms with Crippen molar-refractivity contribution in [3.05, 3.63) is 52.3 Å². The van der Waals surface area contributed by atoms with Gasteiger partial charge < -0.3 is 10.2 Å². The van der Waals surface area contributed by atoms with Gasteiger partial charge in [-0.2, -0.15) is 5.10 Å². The van der Waals surface area contributed by atoms with Gasteiger partial charge >= 0.3 is 0 Å². The van der Waals surface area contributed by atoms with Gasteiger partial charge in [0, 0.05) is 31.4 Å². The second kappa shape index (κ2) is 7.45. The molecule has 1 aromatic carbocycles. The molecule has 1 N–H and O–H groups in total. The fourth-order valence-corrected chi connectivity index (χ4v) is 4.10. The molecule has 0 unspecified atom stereocenters. The van der Waals surface area contributed by atoms with Crippen molar-refractivity contribution in [2.24, 2.45) is 0 Å². The normalized spacial score (nSPS) is 19.6.